The molecule has 6 heteroatoms. The summed E-state index contributed by atoms with van der Waals surface area (Å²) in [5.74, 6) is 0.693. The summed E-state index contributed by atoms with van der Waals surface area (Å²) in [6.45, 7) is 12.2. The Hall–Kier alpha value is -1.01. The summed E-state index contributed by atoms with van der Waals surface area (Å²) in [4.78, 5) is 14.5. The molecule has 2 heterocycles. The normalized spacial score (nSPS) is 19.9. The summed E-state index contributed by atoms with van der Waals surface area (Å²) in [5.41, 5.74) is 3.07. The summed E-state index contributed by atoms with van der Waals surface area (Å²) in [6, 6.07) is -0.0226. The van der Waals surface area contributed by atoms with E-state index in [0.29, 0.717) is 25.5 Å². The second-order valence-electron chi connectivity index (χ2n) is 6.43. The molecule has 0 unspecified atom stereocenters. The van der Waals surface area contributed by atoms with E-state index in [1.54, 1.807) is 11.8 Å². The monoisotopic (exact) mass is 311 g/mol. The molecule has 1 aliphatic rings. The summed E-state index contributed by atoms with van der Waals surface area (Å²) in [6.07, 6.45) is 0. The summed E-state index contributed by atoms with van der Waals surface area (Å²) in [7, 11) is 0. The number of carbonyl (C=O) groups excluding carboxylic acids is 1. The Kier molecular flexibility index (Phi) is 4.99. The van der Waals surface area contributed by atoms with Gasteiger partial charge < -0.3 is 9.64 Å². The van der Waals surface area contributed by atoms with Gasteiger partial charge in [-0.25, -0.2) is 0 Å². The molecule has 0 aromatic carbocycles. The van der Waals surface area contributed by atoms with Crippen molar-refractivity contribution in [2.24, 2.45) is 0 Å². The number of aryl methyl sites for hydroxylation is 2. The molecule has 1 saturated heterocycles. The van der Waals surface area contributed by atoms with E-state index in [1.807, 2.05) is 18.7 Å². The average molecular weight is 311 g/mol. The fourth-order valence-electron chi connectivity index (χ4n) is 2.55. The van der Waals surface area contributed by atoms with Crippen LogP contribution in [0, 0.1) is 13.8 Å². The Labute approximate surface area is 130 Å². The topological polar surface area (TPSA) is 58.2 Å². The van der Waals surface area contributed by atoms with Gasteiger partial charge >= 0.3 is 0 Å². The van der Waals surface area contributed by atoms with Gasteiger partial charge in [-0.05, 0) is 13.8 Å². The Morgan fingerprint density at radius 1 is 1.48 bits per heavy atom. The molecule has 1 atom stereocenters. The fourth-order valence-corrected chi connectivity index (χ4v) is 3.28. The zero-order valence-electron chi connectivity index (χ0n) is 13.5. The molecule has 1 aliphatic heterocycles. The minimum absolute atomic E-state index is 0.0226. The molecule has 0 saturated carbocycles. The van der Waals surface area contributed by atoms with Crippen molar-refractivity contribution >= 4 is 17.7 Å². The van der Waals surface area contributed by atoms with Gasteiger partial charge in [0.2, 0.25) is 5.91 Å². The Bertz CT molecular complexity index is 488. The van der Waals surface area contributed by atoms with Crippen LogP contribution < -0.4 is 0 Å². The maximum atomic E-state index is 12.6. The van der Waals surface area contributed by atoms with Crippen LogP contribution in [0.15, 0.2) is 0 Å². The van der Waals surface area contributed by atoms with E-state index in [9.17, 15) is 4.79 Å². The summed E-state index contributed by atoms with van der Waals surface area (Å²) < 4.78 is 5.70. The molecule has 0 radical (unpaired) electrons. The van der Waals surface area contributed by atoms with Crippen LogP contribution in [-0.4, -0.2) is 51.3 Å². The largest absolute Gasteiger partial charge is 0.377 e. The quantitative estimate of drug-likeness (QED) is 0.931. The lowest BCUT2D eigenvalue weighted by molar-refractivity contribution is -0.137. The summed E-state index contributed by atoms with van der Waals surface area (Å²) >= 11 is 1.69. The third kappa shape index (κ3) is 4.01. The highest BCUT2D eigenvalue weighted by atomic mass is 32.2. The molecule has 2 rings (SSSR count). The molecule has 1 aromatic rings. The first-order chi connectivity index (χ1) is 9.79. The zero-order valence-corrected chi connectivity index (χ0v) is 14.3. The van der Waals surface area contributed by atoms with Crippen LogP contribution >= 0.6 is 11.8 Å². The second kappa shape index (κ2) is 6.40. The van der Waals surface area contributed by atoms with Crippen LogP contribution in [0.1, 0.15) is 43.8 Å². The van der Waals surface area contributed by atoms with Crippen molar-refractivity contribution in [2.45, 2.75) is 45.4 Å². The van der Waals surface area contributed by atoms with Crippen LogP contribution in [-0.2, 0) is 9.53 Å². The van der Waals surface area contributed by atoms with E-state index in [4.69, 9.17) is 4.74 Å². The first-order valence-electron chi connectivity index (χ1n) is 7.32. The first kappa shape index (κ1) is 16.4. The number of nitrogens with one attached hydrogen (secondary N) is 1. The zero-order chi connectivity index (χ0) is 15.6. The van der Waals surface area contributed by atoms with Crippen LogP contribution in [0.3, 0.4) is 0 Å². The maximum absolute atomic E-state index is 12.6. The average Bonchev–Trinajstić information content (AvgIpc) is 2.75. The third-order valence-electron chi connectivity index (χ3n) is 3.60. The van der Waals surface area contributed by atoms with Crippen molar-refractivity contribution in [2.75, 3.05) is 25.5 Å². The predicted molar refractivity (Wildman–Crippen MR) is 85.5 cm³/mol. The predicted octanol–water partition coefficient (Wildman–Crippen LogP) is 2.46. The molecule has 0 spiro atoms. The van der Waals surface area contributed by atoms with E-state index in [2.05, 4.69) is 31.0 Å². The summed E-state index contributed by atoms with van der Waals surface area (Å²) in [5, 5.41) is 7.25. The van der Waals surface area contributed by atoms with Crippen LogP contribution in [0.5, 0.6) is 0 Å². The first-order valence-corrected chi connectivity index (χ1v) is 8.31. The van der Waals surface area contributed by atoms with Crippen molar-refractivity contribution in [1.82, 2.24) is 15.1 Å². The lowest BCUT2D eigenvalue weighted by Gasteiger charge is -2.36. The minimum atomic E-state index is -0.0226. The van der Waals surface area contributed by atoms with Gasteiger partial charge in [-0.1, -0.05) is 20.8 Å². The van der Waals surface area contributed by atoms with E-state index in [-0.39, 0.29) is 16.7 Å². The van der Waals surface area contributed by atoms with E-state index in [0.717, 1.165) is 17.0 Å². The number of H-pyrrole nitrogens is 1. The molecule has 1 aromatic heterocycles. The molecule has 0 bridgehead atoms. The van der Waals surface area contributed by atoms with Crippen LogP contribution in [0.25, 0.3) is 0 Å². The number of aromatic nitrogens is 2. The van der Waals surface area contributed by atoms with Gasteiger partial charge in [0.1, 0.15) is 0 Å². The number of thioether (sulfide) groups is 1. The smallest absolute Gasteiger partial charge is 0.233 e. The number of aromatic amines is 1. The standard InChI is InChI=1S/C15H25N3O2S/c1-10-14(11(2)17-16-10)12-8-20-7-6-18(12)13(19)9-21-15(3,4)5/h12H,6-9H2,1-5H3,(H,16,17)/t12-/m1/s1. The van der Waals surface area contributed by atoms with Crippen molar-refractivity contribution < 1.29 is 9.53 Å². The molecular weight excluding hydrogens is 286 g/mol. The highest BCUT2D eigenvalue weighted by Crippen LogP contribution is 2.30. The van der Waals surface area contributed by atoms with Crippen molar-refractivity contribution in [1.29, 1.82) is 0 Å². The molecule has 1 amide bonds. The van der Waals surface area contributed by atoms with Crippen molar-refractivity contribution in [3.05, 3.63) is 17.0 Å². The lowest BCUT2D eigenvalue weighted by Crippen LogP contribution is -2.44. The van der Waals surface area contributed by atoms with Gasteiger partial charge in [-0.15, -0.1) is 11.8 Å². The molecule has 21 heavy (non-hydrogen) atoms. The SMILES string of the molecule is Cc1n[nH]c(C)c1[C@H]1COCCN1C(=O)CSC(C)(C)C. The number of rotatable bonds is 3. The van der Waals surface area contributed by atoms with Gasteiger partial charge in [0.05, 0.1) is 30.7 Å². The minimum Gasteiger partial charge on any atom is -0.377 e. The number of ether oxygens (including phenoxy) is 1. The molecule has 5 nitrogen and oxygen atoms in total. The highest BCUT2D eigenvalue weighted by molar-refractivity contribution is 8.01. The molecule has 1 N–H and O–H groups in total. The molecular formula is C15H25N3O2S. The number of morpholine rings is 1. The Morgan fingerprint density at radius 3 is 2.76 bits per heavy atom. The van der Waals surface area contributed by atoms with Gasteiger partial charge in [0.25, 0.3) is 0 Å². The fraction of sp³-hybridized carbons (Fsp3) is 0.733. The van der Waals surface area contributed by atoms with Crippen LogP contribution in [0.4, 0.5) is 0 Å². The molecule has 118 valence electrons. The van der Waals surface area contributed by atoms with Gasteiger partial charge in [0, 0.05) is 22.5 Å². The Balaban J connectivity index is 2.14. The van der Waals surface area contributed by atoms with Gasteiger partial charge in [-0.3, -0.25) is 9.89 Å². The molecule has 0 aliphatic carbocycles. The maximum Gasteiger partial charge on any atom is 0.233 e. The van der Waals surface area contributed by atoms with Crippen molar-refractivity contribution in [3.63, 3.8) is 0 Å². The molecule has 1 fully saturated rings. The van der Waals surface area contributed by atoms with Crippen LogP contribution in [0.2, 0.25) is 0 Å². The number of carbonyl (C=O) groups is 1. The lowest BCUT2D eigenvalue weighted by atomic mass is 10.0. The van der Waals surface area contributed by atoms with Gasteiger partial charge in [-0.2, -0.15) is 5.10 Å². The van der Waals surface area contributed by atoms with E-state index in [1.165, 1.54) is 0 Å². The van der Waals surface area contributed by atoms with E-state index < -0.39 is 0 Å². The van der Waals surface area contributed by atoms with Gasteiger partial charge in [0.15, 0.2) is 0 Å². The van der Waals surface area contributed by atoms with Crippen molar-refractivity contribution in [3.8, 4) is 0 Å². The Morgan fingerprint density at radius 2 is 2.19 bits per heavy atom. The second-order valence-corrected chi connectivity index (χ2v) is 8.23. The number of nitrogens with zero attached hydrogens (tertiary/aromatic N) is 2. The van der Waals surface area contributed by atoms with E-state index >= 15 is 0 Å². The number of amides is 1. The highest BCUT2D eigenvalue weighted by Gasteiger charge is 2.32. The third-order valence-corrected chi connectivity index (χ3v) is 4.85. The number of hydrogen-bond acceptors (Lipinski definition) is 4. The number of hydrogen-bond donors (Lipinski definition) is 1.